The average molecular weight is 469 g/mol. The van der Waals surface area contributed by atoms with Crippen LogP contribution < -0.4 is 15.8 Å². The van der Waals surface area contributed by atoms with Crippen molar-refractivity contribution in [2.75, 3.05) is 10.6 Å². The highest BCUT2D eigenvalue weighted by Gasteiger charge is 2.23. The Balaban J connectivity index is 2.38. The Labute approximate surface area is 172 Å². The van der Waals surface area contributed by atoms with Gasteiger partial charge in [0.1, 0.15) is 16.8 Å². The van der Waals surface area contributed by atoms with Gasteiger partial charge in [0.2, 0.25) is 16.0 Å². The van der Waals surface area contributed by atoms with E-state index in [1.54, 1.807) is 26.8 Å². The molecule has 28 heavy (non-hydrogen) atoms. The molecule has 0 radical (unpaired) electrons. The molecule has 1 aromatic heterocycles. The molecule has 1 heterocycles. The Hall–Kier alpha value is -2.26. The van der Waals surface area contributed by atoms with Crippen LogP contribution in [-0.4, -0.2) is 35.1 Å². The first kappa shape index (κ1) is 22.0. The van der Waals surface area contributed by atoms with Crippen LogP contribution in [0, 0.1) is 18.3 Å². The van der Waals surface area contributed by atoms with Crippen LogP contribution in [0.15, 0.2) is 27.7 Å². The lowest BCUT2D eigenvalue weighted by Gasteiger charge is -2.27. The number of sulfonamides is 1. The maximum absolute atomic E-state index is 11.7. The summed E-state index contributed by atoms with van der Waals surface area (Å²) in [6.45, 7) is 6.72. The number of hydrogen-bond acceptors (Lipinski definition) is 8. The van der Waals surface area contributed by atoms with E-state index in [-0.39, 0.29) is 22.4 Å². The monoisotopic (exact) mass is 468 g/mol. The second-order valence-corrected chi connectivity index (χ2v) is 9.21. The number of aliphatic hydroxyl groups is 1. The molecule has 0 spiro atoms. The molecule has 0 amide bonds. The summed E-state index contributed by atoms with van der Waals surface area (Å²) < 4.78 is 24.0. The van der Waals surface area contributed by atoms with Gasteiger partial charge in [-0.15, -0.1) is 0 Å². The Bertz CT molecular complexity index is 1040. The molecule has 0 aliphatic rings. The number of aromatic nitrogens is 2. The molecule has 0 fully saturated rings. The number of aryl methyl sites for hydroxylation is 1. The Morgan fingerprint density at radius 1 is 1.39 bits per heavy atom. The van der Waals surface area contributed by atoms with Gasteiger partial charge in [0.15, 0.2) is 0 Å². The number of nitriles is 1. The molecule has 2 rings (SSSR count). The summed E-state index contributed by atoms with van der Waals surface area (Å²) in [6, 6.07) is 4.45. The lowest BCUT2D eigenvalue weighted by molar-refractivity contribution is 0.0647. The first-order chi connectivity index (χ1) is 12.8. The summed E-state index contributed by atoms with van der Waals surface area (Å²) >= 11 is 3.36. The van der Waals surface area contributed by atoms with E-state index in [2.05, 4.69) is 36.5 Å². The highest BCUT2D eigenvalue weighted by atomic mass is 79.9. The molecule has 0 saturated heterocycles. The maximum Gasteiger partial charge on any atom is 0.239 e. The summed E-state index contributed by atoms with van der Waals surface area (Å²) in [5.74, 6) is 0.686. The van der Waals surface area contributed by atoms with Gasteiger partial charge in [-0.2, -0.15) is 10.2 Å². The minimum atomic E-state index is -4.03. The molecule has 9 nitrogen and oxygen atoms in total. The number of nitrogens with two attached hydrogens (primary N) is 1. The van der Waals surface area contributed by atoms with Crippen LogP contribution in [0.25, 0.3) is 0 Å². The number of halogens is 1. The average Bonchev–Trinajstić information content (AvgIpc) is 2.55. The number of anilines is 3. The van der Waals surface area contributed by atoms with Crippen molar-refractivity contribution in [3.05, 3.63) is 33.9 Å². The third-order valence-corrected chi connectivity index (χ3v) is 5.78. The molecule has 0 unspecified atom stereocenters. The summed E-state index contributed by atoms with van der Waals surface area (Å²) in [5.41, 5.74) is -0.281. The van der Waals surface area contributed by atoms with E-state index in [9.17, 15) is 18.8 Å². The van der Waals surface area contributed by atoms with E-state index >= 15 is 0 Å². The van der Waals surface area contributed by atoms with Crippen molar-refractivity contribution in [1.82, 2.24) is 9.97 Å². The van der Waals surface area contributed by atoms with Crippen molar-refractivity contribution < 1.29 is 13.5 Å². The highest BCUT2D eigenvalue weighted by Crippen LogP contribution is 2.27. The fraction of sp³-hybridized carbons (Fsp3) is 0.353. The van der Waals surface area contributed by atoms with E-state index in [4.69, 9.17) is 5.14 Å². The number of nitrogens with zero attached hydrogens (tertiary/aromatic N) is 3. The van der Waals surface area contributed by atoms with Crippen LogP contribution >= 0.6 is 15.9 Å². The first-order valence-electron chi connectivity index (χ1n) is 8.19. The smallest absolute Gasteiger partial charge is 0.239 e. The van der Waals surface area contributed by atoms with Crippen LogP contribution in [-0.2, 0) is 10.0 Å². The van der Waals surface area contributed by atoms with Gasteiger partial charge in [-0.25, -0.2) is 18.5 Å². The number of nitrogens with one attached hydrogen (secondary N) is 2. The number of hydrogen-bond donors (Lipinski definition) is 4. The molecule has 2 aromatic rings. The predicted molar refractivity (Wildman–Crippen MR) is 110 cm³/mol. The first-order valence-corrected chi connectivity index (χ1v) is 10.5. The van der Waals surface area contributed by atoms with Gasteiger partial charge in [0.25, 0.3) is 0 Å². The Morgan fingerprint density at radius 2 is 2.04 bits per heavy atom. The molecule has 0 aliphatic carbocycles. The van der Waals surface area contributed by atoms with Crippen LogP contribution in [0.4, 0.5) is 17.5 Å². The van der Waals surface area contributed by atoms with E-state index in [0.717, 1.165) is 0 Å². The van der Waals surface area contributed by atoms with Crippen LogP contribution in [0.2, 0.25) is 0 Å². The van der Waals surface area contributed by atoms with Crippen molar-refractivity contribution in [2.45, 2.75) is 44.2 Å². The Morgan fingerprint density at radius 3 is 2.57 bits per heavy atom. The van der Waals surface area contributed by atoms with E-state index in [1.807, 2.05) is 13.0 Å². The summed E-state index contributed by atoms with van der Waals surface area (Å²) in [4.78, 5) is 8.31. The van der Waals surface area contributed by atoms with E-state index < -0.39 is 15.6 Å². The van der Waals surface area contributed by atoms with Crippen molar-refractivity contribution in [1.29, 1.82) is 5.26 Å². The number of primary sulfonamides is 1. The molecule has 1 aromatic carbocycles. The van der Waals surface area contributed by atoms with Crippen molar-refractivity contribution in [2.24, 2.45) is 5.14 Å². The number of rotatable bonds is 6. The molecule has 150 valence electrons. The molecular weight excluding hydrogens is 448 g/mol. The third-order valence-electron chi connectivity index (χ3n) is 4.09. The molecular formula is C17H21BrN6O3S. The maximum atomic E-state index is 11.7. The topological polar surface area (TPSA) is 154 Å². The van der Waals surface area contributed by atoms with Gasteiger partial charge >= 0.3 is 0 Å². The lowest BCUT2D eigenvalue weighted by atomic mass is 10.0. The predicted octanol–water partition coefficient (Wildman–Crippen LogP) is 2.38. The lowest BCUT2D eigenvalue weighted by Crippen LogP contribution is -2.39. The van der Waals surface area contributed by atoms with Gasteiger partial charge in [-0.3, -0.25) is 0 Å². The van der Waals surface area contributed by atoms with Crippen molar-refractivity contribution in [3.63, 3.8) is 0 Å². The summed E-state index contributed by atoms with van der Waals surface area (Å²) in [5, 5.41) is 30.6. The molecule has 0 aliphatic heterocycles. The fourth-order valence-electron chi connectivity index (χ4n) is 2.35. The largest absolute Gasteiger partial charge is 0.388 e. The van der Waals surface area contributed by atoms with Crippen LogP contribution in [0.3, 0.4) is 0 Å². The normalized spacial score (nSPS) is 12.9. The van der Waals surface area contributed by atoms with Gasteiger partial charge in [0, 0.05) is 11.9 Å². The molecule has 0 bridgehead atoms. The van der Waals surface area contributed by atoms with Crippen LogP contribution in [0.5, 0.6) is 0 Å². The fourth-order valence-corrected chi connectivity index (χ4v) is 3.57. The SMILES string of the molecule is Cc1cc(Nc2ncc(Br)c(N[C@H](C)C(C)(C)O)n2)cc(C#N)c1S(N)(=O)=O. The molecule has 5 N–H and O–H groups in total. The minimum absolute atomic E-state index is 0.0730. The van der Waals surface area contributed by atoms with Crippen molar-refractivity contribution >= 4 is 43.4 Å². The van der Waals surface area contributed by atoms with Crippen LogP contribution in [0.1, 0.15) is 31.9 Å². The Kier molecular flexibility index (Phi) is 6.30. The quantitative estimate of drug-likeness (QED) is 0.503. The second-order valence-electron chi connectivity index (χ2n) is 6.86. The zero-order valence-corrected chi connectivity index (χ0v) is 18.2. The van der Waals surface area contributed by atoms with Gasteiger partial charge < -0.3 is 15.7 Å². The molecule has 11 heteroatoms. The standard InChI is InChI=1S/C17H21BrN6O3S/c1-9-5-12(6-11(7-19)14(9)28(20,26)27)23-16-21-8-13(18)15(24-16)22-10(2)17(3,4)25/h5-6,8,10,25H,1-4H3,(H2,20,26,27)(H2,21,22,23,24)/t10-/m1/s1. The highest BCUT2D eigenvalue weighted by molar-refractivity contribution is 9.10. The third kappa shape index (κ3) is 5.17. The zero-order chi connectivity index (χ0) is 21.3. The number of benzene rings is 1. The summed E-state index contributed by atoms with van der Waals surface area (Å²) in [6.07, 6.45) is 1.53. The second kappa shape index (κ2) is 8.00. The zero-order valence-electron chi connectivity index (χ0n) is 15.8. The van der Waals surface area contributed by atoms with Gasteiger partial charge in [-0.05, 0) is 61.3 Å². The van der Waals surface area contributed by atoms with Crippen molar-refractivity contribution in [3.8, 4) is 6.07 Å². The molecule has 0 saturated carbocycles. The van der Waals surface area contributed by atoms with E-state index in [0.29, 0.717) is 21.5 Å². The summed E-state index contributed by atoms with van der Waals surface area (Å²) in [7, 11) is -4.03. The van der Waals surface area contributed by atoms with Gasteiger partial charge in [-0.1, -0.05) is 0 Å². The minimum Gasteiger partial charge on any atom is -0.388 e. The molecule has 1 atom stereocenters. The van der Waals surface area contributed by atoms with Gasteiger partial charge in [0.05, 0.1) is 21.7 Å². The van der Waals surface area contributed by atoms with E-state index in [1.165, 1.54) is 12.3 Å².